The largest absolute Gasteiger partial charge is 0.451 e. The van der Waals surface area contributed by atoms with Gasteiger partial charge < -0.3 is 4.42 Å². The van der Waals surface area contributed by atoms with Crippen molar-refractivity contribution in [2.45, 2.75) is 19.8 Å². The van der Waals surface area contributed by atoms with E-state index in [1.807, 2.05) is 55.5 Å². The van der Waals surface area contributed by atoms with Crippen LogP contribution in [0.5, 0.6) is 0 Å². The molecule has 1 heterocycles. The molecule has 1 aromatic heterocycles. The number of hydrogen-bond acceptors (Lipinski definition) is 3. The van der Waals surface area contributed by atoms with Crippen molar-refractivity contribution >= 4 is 33.6 Å². The molecule has 5 nitrogen and oxygen atoms in total. The summed E-state index contributed by atoms with van der Waals surface area (Å²) >= 11 is 0. The standard InChI is InChI=1S/C23H18N2O3/c1-13-16-6-2-3-8-19(16)28-21(13)23(27)25-24-22(26)18-12-11-15-10-9-14-5-4-7-17(18)20(14)15/h2-8,11-12H,9-10H2,1H3,(H,24,26)(H,25,27). The molecule has 138 valence electrons. The van der Waals surface area contributed by atoms with Gasteiger partial charge in [-0.2, -0.15) is 0 Å². The smallest absolute Gasteiger partial charge is 0.305 e. The molecular weight excluding hydrogens is 352 g/mol. The molecule has 0 radical (unpaired) electrons. The Balaban J connectivity index is 1.40. The van der Waals surface area contributed by atoms with Crippen LogP contribution in [0.15, 0.2) is 59.0 Å². The number of hydrazine groups is 1. The van der Waals surface area contributed by atoms with Crippen molar-refractivity contribution in [2.24, 2.45) is 0 Å². The van der Waals surface area contributed by atoms with Gasteiger partial charge in [-0.1, -0.05) is 42.5 Å². The molecule has 0 fully saturated rings. The fourth-order valence-corrected chi connectivity index (χ4v) is 4.07. The molecule has 1 aliphatic carbocycles. The number of fused-ring (bicyclic) bond motifs is 1. The Morgan fingerprint density at radius 1 is 0.821 bits per heavy atom. The average molecular weight is 370 g/mol. The number of amides is 2. The van der Waals surface area contributed by atoms with E-state index in [0.29, 0.717) is 11.1 Å². The number of furan rings is 1. The molecule has 0 bridgehead atoms. The maximum absolute atomic E-state index is 12.7. The predicted molar refractivity (Wildman–Crippen MR) is 107 cm³/mol. The zero-order valence-electron chi connectivity index (χ0n) is 15.3. The average Bonchev–Trinajstić information content (AvgIpc) is 3.29. The molecule has 1 aliphatic rings. The molecule has 0 atom stereocenters. The molecule has 2 amide bonds. The van der Waals surface area contributed by atoms with Gasteiger partial charge in [-0.15, -0.1) is 0 Å². The van der Waals surface area contributed by atoms with Gasteiger partial charge >= 0.3 is 5.91 Å². The lowest BCUT2D eigenvalue weighted by Crippen LogP contribution is -2.41. The Morgan fingerprint density at radius 3 is 2.36 bits per heavy atom. The molecule has 5 rings (SSSR count). The van der Waals surface area contributed by atoms with Crippen LogP contribution in [0.1, 0.15) is 37.6 Å². The van der Waals surface area contributed by atoms with E-state index in [1.165, 1.54) is 11.1 Å². The van der Waals surface area contributed by atoms with E-state index in [9.17, 15) is 9.59 Å². The molecule has 2 N–H and O–H groups in total. The number of carbonyl (C=O) groups excluding carboxylic acids is 2. The van der Waals surface area contributed by atoms with Crippen LogP contribution in [0.25, 0.3) is 21.7 Å². The highest BCUT2D eigenvalue weighted by Crippen LogP contribution is 2.32. The van der Waals surface area contributed by atoms with Crippen molar-refractivity contribution in [3.8, 4) is 0 Å². The number of para-hydroxylation sites is 1. The molecule has 5 heteroatoms. The molecule has 0 unspecified atom stereocenters. The fourth-order valence-electron chi connectivity index (χ4n) is 4.07. The Hall–Kier alpha value is -3.60. The van der Waals surface area contributed by atoms with Gasteiger partial charge in [0.1, 0.15) is 5.58 Å². The third kappa shape index (κ3) is 2.47. The van der Waals surface area contributed by atoms with Crippen LogP contribution < -0.4 is 10.9 Å². The van der Waals surface area contributed by atoms with Gasteiger partial charge in [0.15, 0.2) is 5.76 Å². The summed E-state index contributed by atoms with van der Waals surface area (Å²) in [6.45, 7) is 1.83. The van der Waals surface area contributed by atoms with Crippen LogP contribution in [-0.2, 0) is 12.8 Å². The Kier molecular flexibility index (Phi) is 3.69. The fraction of sp³-hybridized carbons (Fsp3) is 0.130. The minimum Gasteiger partial charge on any atom is -0.451 e. The number of benzene rings is 3. The number of nitrogens with one attached hydrogen (secondary N) is 2. The Morgan fingerprint density at radius 2 is 1.54 bits per heavy atom. The van der Waals surface area contributed by atoms with Crippen molar-refractivity contribution < 1.29 is 14.0 Å². The summed E-state index contributed by atoms with van der Waals surface area (Å²) in [5.74, 6) is -0.632. The second kappa shape index (κ2) is 6.23. The lowest BCUT2D eigenvalue weighted by Gasteiger charge is -2.10. The second-order valence-corrected chi connectivity index (χ2v) is 7.07. The van der Waals surface area contributed by atoms with E-state index < -0.39 is 5.91 Å². The quantitative estimate of drug-likeness (QED) is 0.523. The highest BCUT2D eigenvalue weighted by Gasteiger charge is 2.21. The molecular formula is C23H18N2O3. The van der Waals surface area contributed by atoms with Gasteiger partial charge in [0, 0.05) is 16.5 Å². The van der Waals surface area contributed by atoms with E-state index in [0.717, 1.165) is 34.6 Å². The van der Waals surface area contributed by atoms with Crippen LogP contribution in [0.3, 0.4) is 0 Å². The van der Waals surface area contributed by atoms with Crippen molar-refractivity contribution in [1.29, 1.82) is 0 Å². The predicted octanol–water partition coefficient (Wildman–Crippen LogP) is 4.07. The molecule has 4 aromatic rings. The maximum atomic E-state index is 12.7. The molecule has 0 saturated heterocycles. The first kappa shape index (κ1) is 16.6. The van der Waals surface area contributed by atoms with E-state index in [2.05, 4.69) is 16.9 Å². The molecule has 0 saturated carbocycles. The van der Waals surface area contributed by atoms with Crippen molar-refractivity contribution in [3.63, 3.8) is 0 Å². The first-order chi connectivity index (χ1) is 13.6. The third-order valence-corrected chi connectivity index (χ3v) is 5.46. The molecule has 28 heavy (non-hydrogen) atoms. The minimum absolute atomic E-state index is 0.196. The van der Waals surface area contributed by atoms with Crippen LogP contribution in [0.2, 0.25) is 0 Å². The second-order valence-electron chi connectivity index (χ2n) is 7.07. The summed E-state index contributed by atoms with van der Waals surface area (Å²) in [5, 5.41) is 2.96. The van der Waals surface area contributed by atoms with Crippen LogP contribution in [-0.4, -0.2) is 11.8 Å². The monoisotopic (exact) mass is 370 g/mol. The number of aryl methyl sites for hydroxylation is 3. The SMILES string of the molecule is Cc1c(C(=O)NNC(=O)c2ccc3c4c(cccc24)CC3)oc2ccccc12. The lowest BCUT2D eigenvalue weighted by atomic mass is 10.00. The Bertz CT molecular complexity index is 1260. The van der Waals surface area contributed by atoms with Gasteiger partial charge in [0.05, 0.1) is 0 Å². The molecule has 3 aromatic carbocycles. The highest BCUT2D eigenvalue weighted by atomic mass is 16.3. The molecule has 0 aliphatic heterocycles. The van der Waals surface area contributed by atoms with E-state index in [-0.39, 0.29) is 11.7 Å². The molecule has 0 spiro atoms. The third-order valence-electron chi connectivity index (χ3n) is 5.46. The lowest BCUT2D eigenvalue weighted by molar-refractivity contribution is 0.0832. The van der Waals surface area contributed by atoms with Gasteiger partial charge in [-0.05, 0) is 53.8 Å². The zero-order valence-corrected chi connectivity index (χ0v) is 15.3. The first-order valence-electron chi connectivity index (χ1n) is 9.26. The summed E-state index contributed by atoms with van der Waals surface area (Å²) in [6.07, 6.45) is 2.00. The van der Waals surface area contributed by atoms with E-state index in [4.69, 9.17) is 4.42 Å². The number of hydrogen-bond donors (Lipinski definition) is 2. The van der Waals surface area contributed by atoms with Crippen molar-refractivity contribution in [2.75, 3.05) is 0 Å². The van der Waals surface area contributed by atoms with Gasteiger partial charge in [-0.25, -0.2) is 0 Å². The highest BCUT2D eigenvalue weighted by molar-refractivity contribution is 6.10. The normalized spacial score (nSPS) is 12.5. The summed E-state index contributed by atoms with van der Waals surface area (Å²) in [5.41, 5.74) is 9.46. The van der Waals surface area contributed by atoms with Crippen LogP contribution in [0.4, 0.5) is 0 Å². The minimum atomic E-state index is -0.479. The van der Waals surface area contributed by atoms with E-state index >= 15 is 0 Å². The first-order valence-corrected chi connectivity index (χ1v) is 9.26. The van der Waals surface area contributed by atoms with Crippen LogP contribution in [0, 0.1) is 6.92 Å². The van der Waals surface area contributed by atoms with Crippen LogP contribution >= 0.6 is 0 Å². The zero-order chi connectivity index (χ0) is 19.3. The number of rotatable bonds is 2. The summed E-state index contributed by atoms with van der Waals surface area (Å²) in [6, 6.07) is 17.3. The van der Waals surface area contributed by atoms with Crippen molar-refractivity contribution in [1.82, 2.24) is 10.9 Å². The Labute approximate surface area is 161 Å². The summed E-state index contributed by atoms with van der Waals surface area (Å²) < 4.78 is 5.65. The van der Waals surface area contributed by atoms with Gasteiger partial charge in [0.2, 0.25) is 0 Å². The van der Waals surface area contributed by atoms with Gasteiger partial charge in [0.25, 0.3) is 5.91 Å². The van der Waals surface area contributed by atoms with Crippen molar-refractivity contribution in [3.05, 3.63) is 82.6 Å². The maximum Gasteiger partial charge on any atom is 0.305 e. The summed E-state index contributed by atoms with van der Waals surface area (Å²) in [7, 11) is 0. The number of carbonyl (C=O) groups is 2. The summed E-state index contributed by atoms with van der Waals surface area (Å²) in [4.78, 5) is 25.3. The van der Waals surface area contributed by atoms with Gasteiger partial charge in [-0.3, -0.25) is 20.4 Å². The topological polar surface area (TPSA) is 71.3 Å². The van der Waals surface area contributed by atoms with E-state index in [1.54, 1.807) is 0 Å².